The van der Waals surface area contributed by atoms with Crippen molar-refractivity contribution >= 4 is 22.8 Å². The SMILES string of the molecule is CCC1CN(C(=O)Cc2ccc(CN3CCN(CC)CC3)c(C(F)(F)F)c2)Cc2cc(Oc3ccnc4[nH]c(C5CCN(C(=O)C6CC6)CC5)cc34)ccc21. The van der Waals surface area contributed by atoms with Gasteiger partial charge in [-0.25, -0.2) is 4.98 Å². The summed E-state index contributed by atoms with van der Waals surface area (Å²) in [6.07, 6.45) is 1.81. The lowest BCUT2D eigenvalue weighted by Gasteiger charge is -2.35. The van der Waals surface area contributed by atoms with Crippen LogP contribution in [0.4, 0.5) is 13.2 Å². The number of aromatic nitrogens is 2. The van der Waals surface area contributed by atoms with Gasteiger partial charge in [0.05, 0.1) is 17.4 Å². The highest BCUT2D eigenvalue weighted by molar-refractivity contribution is 5.84. The Bertz CT molecular complexity index is 2030. The molecule has 4 aromatic rings. The minimum absolute atomic E-state index is 0.0961. The number of hydrogen-bond acceptors (Lipinski definition) is 6. The molecule has 1 unspecified atom stereocenters. The number of likely N-dealkylation sites (tertiary alicyclic amines) is 1. The van der Waals surface area contributed by atoms with Crippen molar-refractivity contribution in [1.29, 1.82) is 0 Å². The molecule has 1 aliphatic carbocycles. The van der Waals surface area contributed by atoms with Crippen molar-refractivity contribution in [3.05, 3.63) is 88.2 Å². The normalized spacial score (nSPS) is 20.2. The fourth-order valence-corrected chi connectivity index (χ4v) is 8.74. The fraction of sp³-hybridized carbons (Fsp3) is 0.512. The topological polar surface area (TPSA) is 85.0 Å². The molecule has 0 radical (unpaired) electrons. The Morgan fingerprint density at radius 1 is 0.891 bits per heavy atom. The number of piperazine rings is 1. The summed E-state index contributed by atoms with van der Waals surface area (Å²) in [4.78, 5) is 42.6. The van der Waals surface area contributed by atoms with Gasteiger partial charge in [-0.2, -0.15) is 13.2 Å². The van der Waals surface area contributed by atoms with Gasteiger partial charge in [-0.1, -0.05) is 32.0 Å². The van der Waals surface area contributed by atoms with Gasteiger partial charge in [0, 0.05) is 88.5 Å². The first-order valence-corrected chi connectivity index (χ1v) is 20.0. The Balaban J connectivity index is 0.947. The average molecular weight is 757 g/mol. The zero-order valence-corrected chi connectivity index (χ0v) is 31.8. The van der Waals surface area contributed by atoms with Crippen LogP contribution in [-0.4, -0.2) is 93.7 Å². The predicted octanol–water partition coefficient (Wildman–Crippen LogP) is 7.71. The molecule has 4 aliphatic rings. The highest BCUT2D eigenvalue weighted by atomic mass is 19.4. The second-order valence-corrected chi connectivity index (χ2v) is 15.9. The van der Waals surface area contributed by atoms with E-state index >= 15 is 0 Å². The number of nitrogens with one attached hydrogen (secondary N) is 1. The van der Waals surface area contributed by atoms with Crippen molar-refractivity contribution in [1.82, 2.24) is 29.6 Å². The largest absolute Gasteiger partial charge is 0.457 e. The molecule has 2 saturated heterocycles. The van der Waals surface area contributed by atoms with E-state index in [4.69, 9.17) is 4.74 Å². The molecule has 2 amide bonds. The standard InChI is InChI=1S/C43H51F3N6O3/c1-3-29-26-52(40(53)22-28-5-6-32(37(21-28)43(44,45)46)25-50-19-17-49(4-2)18-20-50)27-33-23-34(9-10-35(29)33)55-39-11-14-47-41-36(39)24-38(48-41)30-12-15-51(16-13-30)42(54)31-7-8-31/h5-6,9-11,14,21,23-24,29-31H,3-4,7-8,12-13,15-20,22,25-27H2,1-2H3,(H,47,48). The van der Waals surface area contributed by atoms with E-state index in [1.54, 1.807) is 23.2 Å². The summed E-state index contributed by atoms with van der Waals surface area (Å²) in [5, 5.41) is 0.887. The van der Waals surface area contributed by atoms with Gasteiger partial charge in [0.2, 0.25) is 11.8 Å². The molecule has 9 nitrogen and oxygen atoms in total. The van der Waals surface area contributed by atoms with Crippen LogP contribution in [0.5, 0.6) is 11.5 Å². The number of ether oxygens (including phenoxy) is 1. The zero-order valence-electron chi connectivity index (χ0n) is 31.8. The van der Waals surface area contributed by atoms with Gasteiger partial charge in [0.15, 0.2) is 0 Å². The van der Waals surface area contributed by atoms with Gasteiger partial charge < -0.3 is 24.4 Å². The van der Waals surface area contributed by atoms with Gasteiger partial charge in [-0.05, 0) is 91.2 Å². The van der Waals surface area contributed by atoms with E-state index < -0.39 is 11.7 Å². The number of halogens is 3. The molecular weight excluding hydrogens is 706 g/mol. The van der Waals surface area contributed by atoms with Crippen molar-refractivity contribution in [2.24, 2.45) is 5.92 Å². The lowest BCUT2D eigenvalue weighted by atomic mass is 9.87. The number of fused-ring (bicyclic) bond motifs is 2. The molecule has 292 valence electrons. The Labute approximate surface area is 320 Å². The summed E-state index contributed by atoms with van der Waals surface area (Å²) < 4.78 is 49.5. The number of aromatic amines is 1. The van der Waals surface area contributed by atoms with Gasteiger partial charge in [0.25, 0.3) is 0 Å². The summed E-state index contributed by atoms with van der Waals surface area (Å²) in [6.45, 7) is 11.0. The zero-order chi connectivity index (χ0) is 38.3. The monoisotopic (exact) mass is 756 g/mol. The number of hydrogen-bond donors (Lipinski definition) is 1. The number of rotatable bonds is 10. The van der Waals surface area contributed by atoms with Crippen LogP contribution in [0.1, 0.15) is 91.3 Å². The van der Waals surface area contributed by atoms with E-state index in [1.807, 2.05) is 23.1 Å². The highest BCUT2D eigenvalue weighted by Crippen LogP contribution is 2.39. The van der Waals surface area contributed by atoms with Crippen LogP contribution in [0.15, 0.2) is 54.7 Å². The van der Waals surface area contributed by atoms with Crippen molar-refractivity contribution in [2.75, 3.05) is 52.4 Å². The van der Waals surface area contributed by atoms with Crippen molar-refractivity contribution in [3.63, 3.8) is 0 Å². The maximum absolute atomic E-state index is 14.3. The third kappa shape index (κ3) is 8.26. The number of H-pyrrole nitrogens is 1. The number of nitrogens with zero attached hydrogens (tertiary/aromatic N) is 5. The van der Waals surface area contributed by atoms with Crippen LogP contribution in [0, 0.1) is 5.92 Å². The molecule has 1 N–H and O–H groups in total. The molecular formula is C43H51F3N6O3. The first kappa shape index (κ1) is 37.5. The van der Waals surface area contributed by atoms with Crippen LogP contribution < -0.4 is 4.74 Å². The van der Waals surface area contributed by atoms with Crippen LogP contribution >= 0.6 is 0 Å². The van der Waals surface area contributed by atoms with Crippen LogP contribution in [-0.2, 0) is 35.3 Å². The molecule has 55 heavy (non-hydrogen) atoms. The molecule has 3 aliphatic heterocycles. The van der Waals surface area contributed by atoms with Crippen molar-refractivity contribution in [2.45, 2.75) is 83.5 Å². The number of piperidine rings is 1. The minimum atomic E-state index is -4.51. The maximum Gasteiger partial charge on any atom is 0.416 e. The predicted molar refractivity (Wildman–Crippen MR) is 205 cm³/mol. The lowest BCUT2D eigenvalue weighted by Crippen LogP contribution is -2.45. The van der Waals surface area contributed by atoms with E-state index in [0.29, 0.717) is 42.0 Å². The lowest BCUT2D eigenvalue weighted by molar-refractivity contribution is -0.139. The molecule has 1 atom stereocenters. The molecule has 5 heterocycles. The number of carbonyl (C=O) groups is 2. The Morgan fingerprint density at radius 2 is 1.65 bits per heavy atom. The number of amides is 2. The highest BCUT2D eigenvalue weighted by Gasteiger charge is 2.36. The minimum Gasteiger partial charge on any atom is -0.457 e. The Kier molecular flexibility index (Phi) is 10.6. The number of benzene rings is 2. The number of pyridine rings is 1. The van der Waals surface area contributed by atoms with Gasteiger partial charge in [-0.15, -0.1) is 0 Å². The molecule has 2 aromatic heterocycles. The molecule has 3 fully saturated rings. The third-order valence-corrected chi connectivity index (χ3v) is 12.3. The summed E-state index contributed by atoms with van der Waals surface area (Å²) in [5.41, 5.74) is 3.97. The average Bonchev–Trinajstić information content (AvgIpc) is 3.95. The van der Waals surface area contributed by atoms with E-state index in [1.165, 1.54) is 6.07 Å². The number of likely N-dealkylation sites (N-methyl/N-ethyl adjacent to an activating group) is 1. The summed E-state index contributed by atoms with van der Waals surface area (Å²) in [6, 6.07) is 14.4. The second-order valence-electron chi connectivity index (χ2n) is 15.9. The van der Waals surface area contributed by atoms with Gasteiger partial charge in [0.1, 0.15) is 17.1 Å². The van der Waals surface area contributed by atoms with Gasteiger partial charge >= 0.3 is 6.18 Å². The van der Waals surface area contributed by atoms with Crippen LogP contribution in [0.3, 0.4) is 0 Å². The molecule has 12 heteroatoms. The van der Waals surface area contributed by atoms with Crippen molar-refractivity contribution in [3.8, 4) is 11.5 Å². The Morgan fingerprint density at radius 3 is 2.36 bits per heavy atom. The van der Waals surface area contributed by atoms with Gasteiger partial charge in [-0.3, -0.25) is 14.5 Å². The summed E-state index contributed by atoms with van der Waals surface area (Å²) >= 11 is 0. The summed E-state index contributed by atoms with van der Waals surface area (Å²) in [5.74, 6) is 2.11. The smallest absolute Gasteiger partial charge is 0.416 e. The molecule has 8 rings (SSSR count). The maximum atomic E-state index is 14.3. The molecule has 1 saturated carbocycles. The second kappa shape index (κ2) is 15.6. The van der Waals surface area contributed by atoms with Crippen molar-refractivity contribution < 1.29 is 27.5 Å². The first-order chi connectivity index (χ1) is 26.6. The third-order valence-electron chi connectivity index (χ3n) is 12.3. The van der Waals surface area contributed by atoms with Crippen LogP contribution in [0.2, 0.25) is 0 Å². The summed E-state index contributed by atoms with van der Waals surface area (Å²) in [7, 11) is 0. The first-order valence-electron chi connectivity index (χ1n) is 20.0. The number of carbonyl (C=O) groups excluding carboxylic acids is 2. The molecule has 2 aromatic carbocycles. The Hall–Kier alpha value is -4.42. The molecule has 0 spiro atoms. The van der Waals surface area contributed by atoms with E-state index in [9.17, 15) is 22.8 Å². The molecule has 0 bridgehead atoms. The fourth-order valence-electron chi connectivity index (χ4n) is 8.74. The van der Waals surface area contributed by atoms with E-state index in [0.717, 1.165) is 106 Å². The quantitative estimate of drug-likeness (QED) is 0.179. The van der Waals surface area contributed by atoms with E-state index in [-0.39, 0.29) is 36.3 Å². The van der Waals surface area contributed by atoms with Crippen LogP contribution in [0.25, 0.3) is 11.0 Å². The van der Waals surface area contributed by atoms with E-state index in [2.05, 4.69) is 45.7 Å². The number of alkyl halides is 3.